The molecule has 0 amide bonds. The molecular formula is C21H18F3N5O. The molecule has 0 fully saturated rings. The largest absolute Gasteiger partial charge is 0.496 e. The van der Waals surface area contributed by atoms with Crippen LogP contribution in [0.15, 0.2) is 48.9 Å². The van der Waals surface area contributed by atoms with Gasteiger partial charge in [-0.25, -0.2) is 13.2 Å². The fraction of sp³-hybridized carbons (Fsp3) is 0.190. The van der Waals surface area contributed by atoms with Crippen molar-refractivity contribution in [3.05, 3.63) is 71.6 Å². The van der Waals surface area contributed by atoms with Crippen molar-refractivity contribution in [2.24, 2.45) is 0 Å². The lowest BCUT2D eigenvalue weighted by Gasteiger charge is -2.15. The average molecular weight is 413 g/mol. The SMILES string of the molecule is COc1cccc(F)c1CNc1ccc(-c2cc(C)ncc2C(F)F)c2nncn12. The Balaban J connectivity index is 1.74. The Morgan fingerprint density at radius 2 is 2.00 bits per heavy atom. The quantitative estimate of drug-likeness (QED) is 0.492. The molecule has 154 valence electrons. The normalized spacial score (nSPS) is 11.3. The van der Waals surface area contributed by atoms with Crippen LogP contribution in [-0.4, -0.2) is 26.7 Å². The third kappa shape index (κ3) is 3.54. The number of aromatic nitrogens is 4. The zero-order valence-electron chi connectivity index (χ0n) is 16.2. The highest BCUT2D eigenvalue weighted by Gasteiger charge is 2.19. The number of hydrogen-bond donors (Lipinski definition) is 1. The van der Waals surface area contributed by atoms with Gasteiger partial charge in [0, 0.05) is 35.1 Å². The Morgan fingerprint density at radius 1 is 1.17 bits per heavy atom. The van der Waals surface area contributed by atoms with E-state index in [0.717, 1.165) is 0 Å². The number of nitrogens with zero attached hydrogens (tertiary/aromatic N) is 4. The van der Waals surface area contributed by atoms with Crippen LogP contribution in [-0.2, 0) is 6.54 Å². The minimum Gasteiger partial charge on any atom is -0.496 e. The average Bonchev–Trinajstić information content (AvgIpc) is 3.22. The second-order valence-electron chi connectivity index (χ2n) is 6.64. The van der Waals surface area contributed by atoms with Crippen molar-refractivity contribution in [2.45, 2.75) is 19.9 Å². The van der Waals surface area contributed by atoms with E-state index < -0.39 is 12.2 Å². The highest BCUT2D eigenvalue weighted by molar-refractivity contribution is 5.81. The minimum atomic E-state index is -2.68. The van der Waals surface area contributed by atoms with Crippen molar-refractivity contribution in [1.82, 2.24) is 19.6 Å². The minimum absolute atomic E-state index is 0.152. The molecule has 0 spiro atoms. The van der Waals surface area contributed by atoms with Gasteiger partial charge in [0.2, 0.25) is 0 Å². The van der Waals surface area contributed by atoms with Crippen molar-refractivity contribution >= 4 is 11.5 Å². The molecule has 0 saturated carbocycles. The van der Waals surface area contributed by atoms with Gasteiger partial charge in [-0.1, -0.05) is 6.07 Å². The molecule has 0 unspecified atom stereocenters. The third-order valence-corrected chi connectivity index (χ3v) is 4.79. The lowest BCUT2D eigenvalue weighted by Crippen LogP contribution is -2.07. The number of fused-ring (bicyclic) bond motifs is 1. The molecule has 0 aliphatic rings. The van der Waals surface area contributed by atoms with E-state index in [4.69, 9.17) is 4.74 Å². The maximum absolute atomic E-state index is 14.2. The number of halogens is 3. The van der Waals surface area contributed by atoms with Crippen molar-refractivity contribution < 1.29 is 17.9 Å². The summed E-state index contributed by atoms with van der Waals surface area (Å²) in [5, 5.41) is 11.2. The lowest BCUT2D eigenvalue weighted by molar-refractivity contribution is 0.151. The van der Waals surface area contributed by atoms with Gasteiger partial charge < -0.3 is 10.1 Å². The van der Waals surface area contributed by atoms with Crippen LogP contribution in [0.25, 0.3) is 16.8 Å². The zero-order chi connectivity index (χ0) is 21.3. The van der Waals surface area contributed by atoms with Crippen LogP contribution >= 0.6 is 0 Å². The molecule has 0 bridgehead atoms. The van der Waals surface area contributed by atoms with Crippen LogP contribution in [0, 0.1) is 12.7 Å². The van der Waals surface area contributed by atoms with E-state index in [1.807, 2.05) is 0 Å². The Labute approximate surface area is 170 Å². The molecule has 6 nitrogen and oxygen atoms in total. The molecule has 0 aliphatic heterocycles. The fourth-order valence-electron chi connectivity index (χ4n) is 3.32. The van der Waals surface area contributed by atoms with E-state index in [9.17, 15) is 13.2 Å². The molecule has 3 heterocycles. The van der Waals surface area contributed by atoms with Crippen molar-refractivity contribution in [3.8, 4) is 16.9 Å². The van der Waals surface area contributed by atoms with Gasteiger partial charge >= 0.3 is 0 Å². The Morgan fingerprint density at radius 3 is 2.77 bits per heavy atom. The first-order chi connectivity index (χ1) is 14.5. The standard InChI is InChI=1S/C21H18F3N5O/c1-12-8-14(15(9-25-12)20(23)24)13-6-7-19(29-11-27-28-21(13)29)26-10-16-17(22)4-3-5-18(16)30-2/h3-9,11,20,26H,10H2,1-2H3. The van der Waals surface area contributed by atoms with E-state index in [1.165, 1.54) is 25.7 Å². The van der Waals surface area contributed by atoms with E-state index >= 15 is 0 Å². The molecule has 4 rings (SSSR count). The Hall–Kier alpha value is -3.62. The summed E-state index contributed by atoms with van der Waals surface area (Å²) < 4.78 is 48.1. The molecular weight excluding hydrogens is 395 g/mol. The molecule has 1 N–H and O–H groups in total. The van der Waals surface area contributed by atoms with E-state index in [-0.39, 0.29) is 12.1 Å². The lowest BCUT2D eigenvalue weighted by atomic mass is 10.0. The number of alkyl halides is 2. The number of aryl methyl sites for hydroxylation is 1. The summed E-state index contributed by atoms with van der Waals surface area (Å²) in [5.41, 5.74) is 2.05. The summed E-state index contributed by atoms with van der Waals surface area (Å²) in [7, 11) is 1.47. The number of pyridine rings is 2. The van der Waals surface area contributed by atoms with Gasteiger partial charge in [0.15, 0.2) is 5.65 Å². The van der Waals surface area contributed by atoms with Gasteiger partial charge in [-0.15, -0.1) is 10.2 Å². The van der Waals surface area contributed by atoms with Crippen LogP contribution in [0.4, 0.5) is 19.0 Å². The van der Waals surface area contributed by atoms with E-state index in [0.29, 0.717) is 39.6 Å². The first-order valence-corrected chi connectivity index (χ1v) is 9.12. The van der Waals surface area contributed by atoms with E-state index in [2.05, 4.69) is 20.5 Å². The third-order valence-electron chi connectivity index (χ3n) is 4.79. The number of rotatable bonds is 6. The van der Waals surface area contributed by atoms with Gasteiger partial charge in [-0.05, 0) is 42.8 Å². The van der Waals surface area contributed by atoms with Crippen molar-refractivity contribution in [1.29, 1.82) is 0 Å². The van der Waals surface area contributed by atoms with E-state index in [1.54, 1.807) is 41.7 Å². The van der Waals surface area contributed by atoms with Gasteiger partial charge in [-0.3, -0.25) is 9.38 Å². The molecule has 3 aromatic heterocycles. The summed E-state index contributed by atoms with van der Waals surface area (Å²) in [6.45, 7) is 1.89. The smallest absolute Gasteiger partial charge is 0.265 e. The molecule has 4 aromatic rings. The molecule has 30 heavy (non-hydrogen) atoms. The van der Waals surface area contributed by atoms with Crippen LogP contribution in [0.5, 0.6) is 5.75 Å². The number of hydrogen-bond acceptors (Lipinski definition) is 5. The second-order valence-corrected chi connectivity index (χ2v) is 6.64. The molecule has 0 atom stereocenters. The molecule has 9 heteroatoms. The van der Waals surface area contributed by atoms with Crippen molar-refractivity contribution in [3.63, 3.8) is 0 Å². The van der Waals surface area contributed by atoms with Gasteiger partial charge in [0.25, 0.3) is 6.43 Å². The summed E-state index contributed by atoms with van der Waals surface area (Å²) in [6.07, 6.45) is -0.0309. The highest BCUT2D eigenvalue weighted by atomic mass is 19.3. The number of nitrogens with one attached hydrogen (secondary N) is 1. The molecule has 0 saturated heterocycles. The second kappa shape index (κ2) is 8.02. The Bertz CT molecular complexity index is 1210. The molecule has 0 aliphatic carbocycles. The van der Waals surface area contributed by atoms with Crippen LogP contribution in [0.2, 0.25) is 0 Å². The maximum Gasteiger partial charge on any atom is 0.265 e. The van der Waals surface area contributed by atoms with Gasteiger partial charge in [-0.2, -0.15) is 0 Å². The summed E-state index contributed by atoms with van der Waals surface area (Å²) in [5.74, 6) is 0.605. The van der Waals surface area contributed by atoms with Crippen LogP contribution in [0.1, 0.15) is 23.2 Å². The first-order valence-electron chi connectivity index (χ1n) is 9.12. The summed E-state index contributed by atoms with van der Waals surface area (Å²) in [4.78, 5) is 3.98. The van der Waals surface area contributed by atoms with Gasteiger partial charge in [0.1, 0.15) is 23.7 Å². The number of benzene rings is 1. The Kier molecular flexibility index (Phi) is 5.26. The van der Waals surface area contributed by atoms with Crippen LogP contribution in [0.3, 0.4) is 0 Å². The molecule has 0 radical (unpaired) electrons. The molecule has 1 aromatic carbocycles. The first kappa shape index (κ1) is 19.7. The topological polar surface area (TPSA) is 64.3 Å². The van der Waals surface area contributed by atoms with Crippen LogP contribution < -0.4 is 10.1 Å². The van der Waals surface area contributed by atoms with Gasteiger partial charge in [0.05, 0.1) is 7.11 Å². The number of ether oxygens (including phenoxy) is 1. The number of methoxy groups -OCH3 is 1. The fourth-order valence-corrected chi connectivity index (χ4v) is 3.32. The zero-order valence-corrected chi connectivity index (χ0v) is 16.2. The van der Waals surface area contributed by atoms with Crippen molar-refractivity contribution in [2.75, 3.05) is 12.4 Å². The predicted molar refractivity (Wildman–Crippen MR) is 106 cm³/mol. The predicted octanol–water partition coefficient (Wildman–Crippen LogP) is 4.80. The monoisotopic (exact) mass is 413 g/mol. The summed E-state index contributed by atoms with van der Waals surface area (Å²) >= 11 is 0. The highest BCUT2D eigenvalue weighted by Crippen LogP contribution is 2.34. The summed E-state index contributed by atoms with van der Waals surface area (Å²) in [6, 6.07) is 9.60. The number of anilines is 1. The maximum atomic E-state index is 14.2.